The second-order valence-electron chi connectivity index (χ2n) is 3.87. The molecule has 84 valence electrons. The van der Waals surface area contributed by atoms with Crippen LogP contribution in [-0.2, 0) is 6.54 Å². The van der Waals surface area contributed by atoms with E-state index < -0.39 is 0 Å². The Morgan fingerprint density at radius 2 is 2.12 bits per heavy atom. The van der Waals surface area contributed by atoms with E-state index in [2.05, 4.69) is 5.32 Å². The molecule has 0 unspecified atom stereocenters. The second kappa shape index (κ2) is 3.82. The third-order valence-electron chi connectivity index (χ3n) is 2.82. The topological polar surface area (TPSA) is 46.2 Å². The molecule has 1 aliphatic rings. The van der Waals surface area contributed by atoms with E-state index >= 15 is 0 Å². The number of amides is 1. The van der Waals surface area contributed by atoms with Gasteiger partial charge in [-0.25, -0.2) is 0 Å². The maximum atomic E-state index is 11.4. The molecular formula is C13H9NO2S. The van der Waals surface area contributed by atoms with Crippen molar-refractivity contribution in [3.63, 3.8) is 0 Å². The van der Waals surface area contributed by atoms with Gasteiger partial charge in [-0.1, -0.05) is 6.07 Å². The summed E-state index contributed by atoms with van der Waals surface area (Å²) in [4.78, 5) is 23.8. The molecule has 1 aliphatic heterocycles. The number of hydrogen-bond acceptors (Lipinski definition) is 3. The summed E-state index contributed by atoms with van der Waals surface area (Å²) in [5, 5.41) is 2.79. The van der Waals surface area contributed by atoms with Crippen LogP contribution in [-0.4, -0.2) is 12.2 Å². The van der Waals surface area contributed by atoms with Gasteiger partial charge in [0, 0.05) is 17.0 Å². The van der Waals surface area contributed by atoms with Crippen molar-refractivity contribution in [3.05, 3.63) is 46.3 Å². The summed E-state index contributed by atoms with van der Waals surface area (Å²) in [6.45, 7) is 0.591. The summed E-state index contributed by atoms with van der Waals surface area (Å²) in [6.07, 6.45) is 0.854. The molecule has 1 aromatic heterocycles. The van der Waals surface area contributed by atoms with Crippen LogP contribution in [0.2, 0.25) is 0 Å². The van der Waals surface area contributed by atoms with Gasteiger partial charge in [-0.3, -0.25) is 9.59 Å². The predicted octanol–water partition coefficient (Wildman–Crippen LogP) is 2.47. The minimum absolute atomic E-state index is 0.00805. The van der Waals surface area contributed by atoms with Gasteiger partial charge in [0.1, 0.15) is 0 Å². The van der Waals surface area contributed by atoms with Gasteiger partial charge in [-0.05, 0) is 35.4 Å². The van der Waals surface area contributed by atoms with Gasteiger partial charge in [-0.15, -0.1) is 11.3 Å². The van der Waals surface area contributed by atoms with Crippen molar-refractivity contribution >= 4 is 23.5 Å². The molecule has 3 rings (SSSR count). The lowest BCUT2D eigenvalue weighted by Crippen LogP contribution is -2.12. The first-order chi connectivity index (χ1) is 8.28. The smallest absolute Gasteiger partial charge is 0.251 e. The van der Waals surface area contributed by atoms with Crippen LogP contribution in [0.3, 0.4) is 0 Å². The van der Waals surface area contributed by atoms with Gasteiger partial charge >= 0.3 is 0 Å². The van der Waals surface area contributed by atoms with Crippen molar-refractivity contribution in [2.75, 3.05) is 0 Å². The van der Waals surface area contributed by atoms with Crippen LogP contribution in [0.1, 0.15) is 25.6 Å². The van der Waals surface area contributed by atoms with Gasteiger partial charge in [0.25, 0.3) is 5.91 Å². The molecule has 0 atom stereocenters. The van der Waals surface area contributed by atoms with E-state index in [9.17, 15) is 9.59 Å². The van der Waals surface area contributed by atoms with Crippen LogP contribution in [0.5, 0.6) is 0 Å². The Kier molecular flexibility index (Phi) is 2.30. The summed E-state index contributed by atoms with van der Waals surface area (Å²) in [6, 6.07) is 9.51. The minimum Gasteiger partial charge on any atom is -0.348 e. The van der Waals surface area contributed by atoms with Crippen molar-refractivity contribution in [1.29, 1.82) is 0 Å². The Hall–Kier alpha value is -1.94. The van der Waals surface area contributed by atoms with Crippen LogP contribution in [0.4, 0.5) is 0 Å². The zero-order valence-electron chi connectivity index (χ0n) is 8.90. The van der Waals surface area contributed by atoms with Crippen LogP contribution >= 0.6 is 11.3 Å². The van der Waals surface area contributed by atoms with Crippen LogP contribution in [0, 0.1) is 0 Å². The molecule has 0 bridgehead atoms. The number of thiophene rings is 1. The number of fused-ring (bicyclic) bond motifs is 1. The number of rotatable bonds is 2. The maximum Gasteiger partial charge on any atom is 0.251 e. The molecule has 1 amide bonds. The van der Waals surface area contributed by atoms with E-state index in [1.165, 1.54) is 11.3 Å². The Morgan fingerprint density at radius 1 is 1.24 bits per heavy atom. The Balaban J connectivity index is 2.05. The maximum absolute atomic E-state index is 11.4. The summed E-state index contributed by atoms with van der Waals surface area (Å²) >= 11 is 1.46. The average Bonchev–Trinajstić information content (AvgIpc) is 2.96. The van der Waals surface area contributed by atoms with Gasteiger partial charge in [0.05, 0.1) is 4.88 Å². The number of hydrogen-bond donors (Lipinski definition) is 1. The molecule has 17 heavy (non-hydrogen) atoms. The van der Waals surface area contributed by atoms with Crippen molar-refractivity contribution < 1.29 is 9.59 Å². The molecule has 0 aliphatic carbocycles. The molecule has 1 aromatic carbocycles. The highest BCUT2D eigenvalue weighted by Crippen LogP contribution is 2.30. The Labute approximate surface area is 102 Å². The SMILES string of the molecule is O=Cc1ccc(-c2ccc3c(c2)CNC3=O)s1. The lowest BCUT2D eigenvalue weighted by atomic mass is 10.1. The van der Waals surface area contributed by atoms with Crippen LogP contribution < -0.4 is 5.32 Å². The lowest BCUT2D eigenvalue weighted by molar-refractivity contribution is 0.0965. The molecular weight excluding hydrogens is 234 g/mol. The molecule has 0 saturated carbocycles. The average molecular weight is 243 g/mol. The molecule has 0 fully saturated rings. The van der Waals surface area contributed by atoms with Crippen LogP contribution in [0.15, 0.2) is 30.3 Å². The largest absolute Gasteiger partial charge is 0.348 e. The molecule has 4 heteroatoms. The highest BCUT2D eigenvalue weighted by atomic mass is 32.1. The van der Waals surface area contributed by atoms with E-state index in [0.29, 0.717) is 6.54 Å². The van der Waals surface area contributed by atoms with Gasteiger partial charge in [0.15, 0.2) is 6.29 Å². The summed E-state index contributed by atoms with van der Waals surface area (Å²) in [5.41, 5.74) is 2.83. The fraction of sp³-hybridized carbons (Fsp3) is 0.0769. The van der Waals surface area contributed by atoms with E-state index in [1.54, 1.807) is 0 Å². The van der Waals surface area contributed by atoms with E-state index in [4.69, 9.17) is 0 Å². The zero-order valence-corrected chi connectivity index (χ0v) is 9.71. The summed E-state index contributed by atoms with van der Waals surface area (Å²) < 4.78 is 0. The fourth-order valence-corrected chi connectivity index (χ4v) is 2.78. The zero-order chi connectivity index (χ0) is 11.8. The quantitative estimate of drug-likeness (QED) is 0.824. The van der Waals surface area contributed by atoms with Crippen molar-refractivity contribution in [3.8, 4) is 10.4 Å². The first kappa shape index (κ1) is 10.2. The first-order valence-corrected chi connectivity index (χ1v) is 6.06. The molecule has 0 spiro atoms. The standard InChI is InChI=1S/C13H9NO2S/c15-7-10-2-4-12(17-10)8-1-3-11-9(5-8)6-14-13(11)16/h1-5,7H,6H2,(H,14,16). The molecule has 0 radical (unpaired) electrons. The summed E-state index contributed by atoms with van der Waals surface area (Å²) in [7, 11) is 0. The van der Waals surface area contributed by atoms with E-state index in [-0.39, 0.29) is 5.91 Å². The monoisotopic (exact) mass is 243 g/mol. The number of nitrogens with one attached hydrogen (secondary N) is 1. The fourth-order valence-electron chi connectivity index (χ4n) is 1.96. The second-order valence-corrected chi connectivity index (χ2v) is 4.99. The molecule has 1 N–H and O–H groups in total. The number of benzene rings is 1. The normalized spacial score (nSPS) is 13.3. The molecule has 2 heterocycles. The third-order valence-corrected chi connectivity index (χ3v) is 3.88. The van der Waals surface area contributed by atoms with Gasteiger partial charge in [0.2, 0.25) is 0 Å². The van der Waals surface area contributed by atoms with E-state index in [0.717, 1.165) is 32.7 Å². The number of carbonyl (C=O) groups is 2. The molecule has 0 saturated heterocycles. The van der Waals surface area contributed by atoms with Gasteiger partial charge in [-0.2, -0.15) is 0 Å². The third kappa shape index (κ3) is 1.66. The predicted molar refractivity (Wildman–Crippen MR) is 66.3 cm³/mol. The molecule has 3 nitrogen and oxygen atoms in total. The number of aldehydes is 1. The lowest BCUT2D eigenvalue weighted by Gasteiger charge is -2.00. The molecule has 2 aromatic rings. The summed E-state index contributed by atoms with van der Waals surface area (Å²) in [5.74, 6) is -0.00805. The van der Waals surface area contributed by atoms with Crippen LogP contribution in [0.25, 0.3) is 10.4 Å². The Bertz CT molecular complexity index is 616. The van der Waals surface area contributed by atoms with Crippen molar-refractivity contribution in [2.45, 2.75) is 6.54 Å². The highest BCUT2D eigenvalue weighted by Gasteiger charge is 2.18. The highest BCUT2D eigenvalue weighted by molar-refractivity contribution is 7.17. The van der Waals surface area contributed by atoms with Crippen molar-refractivity contribution in [1.82, 2.24) is 5.32 Å². The number of carbonyl (C=O) groups excluding carboxylic acids is 2. The van der Waals surface area contributed by atoms with E-state index in [1.807, 2.05) is 30.3 Å². The Morgan fingerprint density at radius 3 is 2.88 bits per heavy atom. The first-order valence-electron chi connectivity index (χ1n) is 5.24. The van der Waals surface area contributed by atoms with Crippen molar-refractivity contribution in [2.24, 2.45) is 0 Å². The van der Waals surface area contributed by atoms with Gasteiger partial charge < -0.3 is 5.32 Å². The minimum atomic E-state index is -0.00805.